The molecule has 2 amide bonds. The Morgan fingerprint density at radius 1 is 0.493 bits per heavy atom. The average Bonchev–Trinajstić information content (AvgIpc) is 3.37. The average molecular weight is 1000 g/mol. The molecule has 2 saturated heterocycles. The van der Waals surface area contributed by atoms with E-state index in [0.717, 1.165) is 52.4 Å². The zero-order valence-corrected chi connectivity index (χ0v) is 43.2. The van der Waals surface area contributed by atoms with Crippen LogP contribution in [0.2, 0.25) is 0 Å². The highest BCUT2D eigenvalue weighted by Gasteiger charge is 2.35. The topological polar surface area (TPSA) is 179 Å². The number of carbonyl (C=O) groups excluding carboxylic acids is 2. The fraction of sp³-hybridized carbons (Fsp3) is 0.423. The molecule has 0 saturated carbocycles. The highest BCUT2D eigenvalue weighted by atomic mass is 32.2. The zero-order valence-electron chi connectivity index (χ0n) is 42.4. The van der Waals surface area contributed by atoms with Crippen LogP contribution in [-0.2, 0) is 19.4 Å². The summed E-state index contributed by atoms with van der Waals surface area (Å²) >= 11 is 0. The SMILES string of the molecule is COc1cc(OC)c(C=CC(c2ccc(OC)c(NC(=O)CN3CCN(C)CC3)c2)S(=O)(=O)C(C=Cc2c(OC)cc(OC)cc2OC)c2ccc(OC)c(NC(=O)CN3CCN(C)CC3)c2)c(OC)c1. The van der Waals surface area contributed by atoms with Crippen LogP contribution in [-0.4, -0.2) is 176 Å². The first-order chi connectivity index (χ1) is 34.2. The number of carbonyl (C=O) groups is 2. The summed E-state index contributed by atoms with van der Waals surface area (Å²) in [5.41, 5.74) is 2.06. The Balaban J connectivity index is 1.53. The molecule has 18 nitrogen and oxygen atoms in total. The summed E-state index contributed by atoms with van der Waals surface area (Å²) in [5, 5.41) is 3.14. The van der Waals surface area contributed by atoms with Crippen LogP contribution in [0.4, 0.5) is 11.4 Å². The quantitative estimate of drug-likeness (QED) is 0.0972. The summed E-state index contributed by atoms with van der Waals surface area (Å²) in [6.07, 6.45) is 6.36. The standard InChI is InChI=1S/C52H68N6O12S/c1-55-19-23-57(24-20-55)33-51(59)53-41-27-35(11-15-43(41)65-5)49(17-13-39-45(67-7)29-37(63-3)30-46(39)68-8)71(61,62)50(18-14-40-47(69-9)31-38(64-4)32-48(40)70-10)36-12-16-44(66-6)42(28-36)54-52(60)34-58-25-21-56(2)22-26-58/h11-18,27-32,49-50H,19-26,33-34H2,1-10H3,(H,53,59)(H,54,60). The minimum atomic E-state index is -4.52. The molecule has 4 aromatic carbocycles. The highest BCUT2D eigenvalue weighted by Crippen LogP contribution is 2.44. The van der Waals surface area contributed by atoms with E-state index in [-0.39, 0.29) is 36.3 Å². The molecule has 2 aliphatic rings. The molecule has 0 aromatic heterocycles. The van der Waals surface area contributed by atoms with Gasteiger partial charge < -0.3 is 58.3 Å². The molecule has 2 N–H and O–H groups in total. The Morgan fingerprint density at radius 3 is 1.11 bits per heavy atom. The van der Waals surface area contributed by atoms with Gasteiger partial charge in [-0.05, 0) is 61.6 Å². The van der Waals surface area contributed by atoms with Crippen LogP contribution < -0.4 is 48.5 Å². The van der Waals surface area contributed by atoms with E-state index < -0.39 is 20.3 Å². The van der Waals surface area contributed by atoms with Gasteiger partial charge in [0.05, 0.1) is 92.5 Å². The second-order valence-corrected chi connectivity index (χ2v) is 19.4. The summed E-state index contributed by atoms with van der Waals surface area (Å²) < 4.78 is 77.8. The molecule has 2 fully saturated rings. The maximum Gasteiger partial charge on any atom is 0.238 e. The molecule has 0 spiro atoms. The number of nitrogens with zero attached hydrogens (tertiary/aromatic N) is 4. The lowest BCUT2D eigenvalue weighted by molar-refractivity contribution is -0.118. The first-order valence-corrected chi connectivity index (χ1v) is 24.8. The smallest absolute Gasteiger partial charge is 0.238 e. The number of piperazine rings is 2. The largest absolute Gasteiger partial charge is 0.496 e. The summed E-state index contributed by atoms with van der Waals surface area (Å²) in [6.45, 7) is 6.47. The van der Waals surface area contributed by atoms with Crippen molar-refractivity contribution in [2.24, 2.45) is 0 Å². The van der Waals surface area contributed by atoms with Crippen LogP contribution in [0.15, 0.2) is 72.8 Å². The minimum absolute atomic E-state index is 0.136. The molecule has 19 heteroatoms. The number of sulfone groups is 1. The van der Waals surface area contributed by atoms with Gasteiger partial charge in [0.2, 0.25) is 11.8 Å². The summed E-state index contributed by atoms with van der Waals surface area (Å²) in [5.74, 6) is 2.49. The third kappa shape index (κ3) is 13.5. The van der Waals surface area contributed by atoms with E-state index in [1.807, 2.05) is 14.1 Å². The number of methoxy groups -OCH3 is 8. The number of hydrogen-bond acceptors (Lipinski definition) is 16. The van der Waals surface area contributed by atoms with Gasteiger partial charge >= 0.3 is 0 Å². The van der Waals surface area contributed by atoms with Crippen LogP contribution in [0, 0.1) is 0 Å². The van der Waals surface area contributed by atoms with E-state index in [1.54, 1.807) is 85.0 Å². The van der Waals surface area contributed by atoms with Crippen molar-refractivity contribution in [2.45, 2.75) is 10.5 Å². The Hall–Kier alpha value is -6.51. The van der Waals surface area contributed by atoms with Crippen molar-refractivity contribution in [1.82, 2.24) is 19.6 Å². The maximum absolute atomic E-state index is 16.1. The molecule has 0 bridgehead atoms. The van der Waals surface area contributed by atoms with Gasteiger partial charge in [0.15, 0.2) is 9.84 Å². The number of likely N-dealkylation sites (N-methyl/N-ethyl adjacent to an activating group) is 2. The van der Waals surface area contributed by atoms with Crippen LogP contribution in [0.1, 0.15) is 32.8 Å². The molecular weight excluding hydrogens is 933 g/mol. The number of rotatable bonds is 22. The number of amides is 2. The van der Waals surface area contributed by atoms with Gasteiger partial charge in [0.25, 0.3) is 0 Å². The maximum atomic E-state index is 16.1. The summed E-state index contributed by atoms with van der Waals surface area (Å²) in [6, 6.07) is 16.5. The van der Waals surface area contributed by atoms with Crippen molar-refractivity contribution in [3.8, 4) is 46.0 Å². The second-order valence-electron chi connectivity index (χ2n) is 17.2. The highest BCUT2D eigenvalue weighted by molar-refractivity contribution is 7.92. The van der Waals surface area contributed by atoms with Crippen molar-refractivity contribution in [3.63, 3.8) is 0 Å². The van der Waals surface area contributed by atoms with Crippen molar-refractivity contribution >= 4 is 45.2 Å². The third-order valence-electron chi connectivity index (χ3n) is 12.7. The molecule has 6 rings (SSSR count). The van der Waals surface area contributed by atoms with Gasteiger partial charge in [-0.15, -0.1) is 0 Å². The molecule has 384 valence electrons. The Morgan fingerprint density at radius 2 is 0.817 bits per heavy atom. The molecule has 2 heterocycles. The van der Waals surface area contributed by atoms with E-state index >= 15 is 8.42 Å². The van der Waals surface area contributed by atoms with Gasteiger partial charge in [-0.3, -0.25) is 19.4 Å². The second kappa shape index (κ2) is 25.0. The van der Waals surface area contributed by atoms with E-state index in [9.17, 15) is 9.59 Å². The minimum Gasteiger partial charge on any atom is -0.496 e. The molecule has 2 aliphatic heterocycles. The van der Waals surface area contributed by atoms with E-state index in [0.29, 0.717) is 68.2 Å². The van der Waals surface area contributed by atoms with Gasteiger partial charge in [-0.25, -0.2) is 8.42 Å². The normalized spacial score (nSPS) is 16.0. The van der Waals surface area contributed by atoms with Crippen molar-refractivity contribution < 1.29 is 55.9 Å². The van der Waals surface area contributed by atoms with Crippen molar-refractivity contribution in [2.75, 3.05) is 147 Å². The van der Waals surface area contributed by atoms with E-state index in [4.69, 9.17) is 37.9 Å². The van der Waals surface area contributed by atoms with Gasteiger partial charge in [0.1, 0.15) is 56.5 Å². The zero-order chi connectivity index (χ0) is 51.2. The van der Waals surface area contributed by atoms with Crippen molar-refractivity contribution in [3.05, 3.63) is 95.1 Å². The molecule has 4 aromatic rings. The van der Waals surface area contributed by atoms with Crippen molar-refractivity contribution in [1.29, 1.82) is 0 Å². The first kappa shape index (κ1) is 53.8. The number of ether oxygens (including phenoxy) is 8. The number of benzene rings is 4. The fourth-order valence-corrected chi connectivity index (χ4v) is 10.5. The lowest BCUT2D eigenvalue weighted by Crippen LogP contribution is -2.47. The Bertz CT molecular complexity index is 2420. The fourth-order valence-electron chi connectivity index (χ4n) is 8.54. The Labute approximate surface area is 417 Å². The van der Waals surface area contributed by atoms with Crippen LogP contribution >= 0.6 is 0 Å². The molecule has 2 atom stereocenters. The van der Waals surface area contributed by atoms with E-state index in [2.05, 4.69) is 30.2 Å². The van der Waals surface area contributed by atoms with Gasteiger partial charge in [0, 0.05) is 76.6 Å². The van der Waals surface area contributed by atoms with Crippen LogP contribution in [0.3, 0.4) is 0 Å². The molecule has 71 heavy (non-hydrogen) atoms. The number of nitrogens with one attached hydrogen (secondary N) is 2. The number of hydrogen-bond donors (Lipinski definition) is 2. The predicted molar refractivity (Wildman–Crippen MR) is 276 cm³/mol. The predicted octanol–water partition coefficient (Wildman–Crippen LogP) is 5.75. The lowest BCUT2D eigenvalue weighted by atomic mass is 10.1. The monoisotopic (exact) mass is 1000 g/mol. The summed E-state index contributed by atoms with van der Waals surface area (Å²) in [7, 11) is 11.5. The van der Waals surface area contributed by atoms with Crippen LogP contribution in [0.25, 0.3) is 12.2 Å². The third-order valence-corrected chi connectivity index (χ3v) is 14.9. The molecular formula is C52H68N6O12S. The molecule has 2 unspecified atom stereocenters. The first-order valence-electron chi connectivity index (χ1n) is 23.1. The lowest BCUT2D eigenvalue weighted by Gasteiger charge is -2.31. The molecule has 0 aliphatic carbocycles. The number of anilines is 2. The van der Waals surface area contributed by atoms with Crippen LogP contribution in [0.5, 0.6) is 46.0 Å². The van der Waals surface area contributed by atoms with Gasteiger partial charge in [-0.1, -0.05) is 24.3 Å². The molecule has 0 radical (unpaired) electrons. The van der Waals surface area contributed by atoms with E-state index in [1.165, 1.54) is 56.9 Å². The van der Waals surface area contributed by atoms with Gasteiger partial charge in [-0.2, -0.15) is 0 Å². The Kier molecular flexibility index (Phi) is 19.0. The summed E-state index contributed by atoms with van der Waals surface area (Å²) in [4.78, 5) is 35.9.